The Morgan fingerprint density at radius 3 is 2.76 bits per heavy atom. The fourth-order valence-electron chi connectivity index (χ4n) is 3.01. The van der Waals surface area contributed by atoms with Crippen molar-refractivity contribution in [1.82, 2.24) is 10.4 Å². The summed E-state index contributed by atoms with van der Waals surface area (Å²) in [6.07, 6.45) is 1.57. The number of carbonyl (C=O) groups excluding carboxylic acids is 1. The molecule has 34 heavy (non-hydrogen) atoms. The number of aromatic nitrogens is 1. The number of nitrogens with zero attached hydrogens (tertiary/aromatic N) is 2. The lowest BCUT2D eigenvalue weighted by molar-refractivity contribution is -0.118. The van der Waals surface area contributed by atoms with E-state index in [2.05, 4.69) is 15.5 Å². The molecular weight excluding hydrogens is 490 g/mol. The summed E-state index contributed by atoms with van der Waals surface area (Å²) >= 11 is 9.17. The molecular formula is C25H22ClN3O3S2. The van der Waals surface area contributed by atoms with Crippen molar-refractivity contribution in [1.29, 1.82) is 0 Å². The number of carbonyl (C=O) groups is 1. The highest BCUT2D eigenvalue weighted by molar-refractivity contribution is 8.01. The van der Waals surface area contributed by atoms with Gasteiger partial charge in [-0.1, -0.05) is 53.7 Å². The number of halogens is 1. The quantitative estimate of drug-likeness (QED) is 0.156. The second-order valence-corrected chi connectivity index (χ2v) is 9.71. The first-order valence-corrected chi connectivity index (χ1v) is 12.7. The van der Waals surface area contributed by atoms with Crippen molar-refractivity contribution in [3.63, 3.8) is 0 Å². The SMILES string of the molecule is CCOc1cc(/C=N\NC(=O)CSc2nc3ccccc3s2)ccc1OCc1ccccc1Cl. The number of nitrogens with one attached hydrogen (secondary N) is 1. The van der Waals surface area contributed by atoms with Gasteiger partial charge in [0, 0.05) is 10.6 Å². The lowest BCUT2D eigenvalue weighted by Gasteiger charge is -2.13. The number of benzene rings is 3. The third-order valence-corrected chi connectivity index (χ3v) is 7.16. The molecule has 174 valence electrons. The zero-order valence-corrected chi connectivity index (χ0v) is 20.8. The van der Waals surface area contributed by atoms with Crippen LogP contribution in [-0.2, 0) is 11.4 Å². The molecule has 0 unspecified atom stereocenters. The number of rotatable bonds is 10. The van der Waals surface area contributed by atoms with Gasteiger partial charge in [-0.15, -0.1) is 11.3 Å². The number of amides is 1. The van der Waals surface area contributed by atoms with E-state index in [0.29, 0.717) is 29.7 Å². The van der Waals surface area contributed by atoms with Crippen LogP contribution >= 0.6 is 34.7 Å². The Hall–Kier alpha value is -3.07. The molecule has 0 atom stereocenters. The largest absolute Gasteiger partial charge is 0.490 e. The fourth-order valence-corrected chi connectivity index (χ4v) is 5.07. The predicted octanol–water partition coefficient (Wildman–Crippen LogP) is 6.17. The van der Waals surface area contributed by atoms with Crippen molar-refractivity contribution in [2.75, 3.05) is 12.4 Å². The molecule has 1 aromatic heterocycles. The molecule has 0 fully saturated rings. The van der Waals surface area contributed by atoms with Crippen LogP contribution in [0.5, 0.6) is 11.5 Å². The topological polar surface area (TPSA) is 72.8 Å². The van der Waals surface area contributed by atoms with Crippen molar-refractivity contribution in [3.8, 4) is 11.5 Å². The molecule has 3 aromatic carbocycles. The number of thiazole rings is 1. The van der Waals surface area contributed by atoms with Gasteiger partial charge in [-0.05, 0) is 48.9 Å². The maximum absolute atomic E-state index is 12.2. The Balaban J connectivity index is 1.32. The van der Waals surface area contributed by atoms with Crippen molar-refractivity contribution >= 4 is 57.0 Å². The van der Waals surface area contributed by atoms with E-state index in [9.17, 15) is 4.79 Å². The summed E-state index contributed by atoms with van der Waals surface area (Å²) in [5.41, 5.74) is 5.16. The molecule has 4 rings (SSSR count). The Morgan fingerprint density at radius 1 is 1.12 bits per heavy atom. The van der Waals surface area contributed by atoms with Gasteiger partial charge in [-0.2, -0.15) is 5.10 Å². The molecule has 0 radical (unpaired) electrons. The number of hydrogen-bond acceptors (Lipinski definition) is 7. The molecule has 0 aliphatic heterocycles. The number of thioether (sulfide) groups is 1. The van der Waals surface area contributed by atoms with E-state index < -0.39 is 0 Å². The van der Waals surface area contributed by atoms with E-state index in [1.165, 1.54) is 11.8 Å². The van der Waals surface area contributed by atoms with E-state index in [0.717, 1.165) is 25.7 Å². The monoisotopic (exact) mass is 511 g/mol. The first-order valence-electron chi connectivity index (χ1n) is 10.6. The second-order valence-electron chi connectivity index (χ2n) is 7.05. The molecule has 1 heterocycles. The first-order chi connectivity index (χ1) is 16.6. The highest BCUT2D eigenvalue weighted by atomic mass is 35.5. The third kappa shape index (κ3) is 6.50. The third-order valence-electron chi connectivity index (χ3n) is 4.61. The fraction of sp³-hybridized carbons (Fsp3) is 0.160. The van der Waals surface area contributed by atoms with Crippen molar-refractivity contribution in [3.05, 3.63) is 82.9 Å². The Labute approximate surface area is 211 Å². The Kier molecular flexibility index (Phi) is 8.41. The zero-order chi connectivity index (χ0) is 23.8. The Morgan fingerprint density at radius 2 is 1.94 bits per heavy atom. The van der Waals surface area contributed by atoms with Gasteiger partial charge < -0.3 is 9.47 Å². The summed E-state index contributed by atoms with van der Waals surface area (Å²) in [4.78, 5) is 16.7. The van der Waals surface area contributed by atoms with Gasteiger partial charge in [0.2, 0.25) is 0 Å². The van der Waals surface area contributed by atoms with Crippen LogP contribution in [0.1, 0.15) is 18.1 Å². The summed E-state index contributed by atoms with van der Waals surface area (Å²) in [5, 5.41) is 4.72. The highest BCUT2D eigenvalue weighted by Gasteiger charge is 2.09. The number of hydrazone groups is 1. The van der Waals surface area contributed by atoms with Crippen molar-refractivity contribution in [2.24, 2.45) is 5.10 Å². The molecule has 1 N–H and O–H groups in total. The molecule has 0 aliphatic carbocycles. The summed E-state index contributed by atoms with van der Waals surface area (Å²) < 4.78 is 13.6. The van der Waals surface area contributed by atoms with Gasteiger partial charge in [-0.3, -0.25) is 4.79 Å². The molecule has 0 saturated heterocycles. The van der Waals surface area contributed by atoms with Crippen LogP contribution in [0.4, 0.5) is 0 Å². The predicted molar refractivity (Wildman–Crippen MR) is 139 cm³/mol. The van der Waals surface area contributed by atoms with Crippen molar-refractivity contribution in [2.45, 2.75) is 17.9 Å². The Bertz CT molecular complexity index is 1280. The summed E-state index contributed by atoms with van der Waals surface area (Å²) in [7, 11) is 0. The van der Waals surface area contributed by atoms with E-state index in [-0.39, 0.29) is 11.7 Å². The average Bonchev–Trinajstić information content (AvgIpc) is 3.26. The number of ether oxygens (including phenoxy) is 2. The summed E-state index contributed by atoms with van der Waals surface area (Å²) in [6, 6.07) is 20.9. The minimum absolute atomic E-state index is 0.203. The standard InChI is InChI=1S/C25H22ClN3O3S2/c1-2-31-22-13-17(11-12-21(22)32-15-18-7-3-4-8-19(18)26)14-27-29-24(30)16-33-25-28-20-9-5-6-10-23(20)34-25/h3-14H,2,15-16H2,1H3,(H,29,30)/b27-14-. The zero-order valence-electron chi connectivity index (χ0n) is 18.4. The molecule has 0 spiro atoms. The van der Waals surface area contributed by atoms with Crippen LogP contribution in [0.2, 0.25) is 5.02 Å². The van der Waals surface area contributed by atoms with Crippen LogP contribution in [0, 0.1) is 0 Å². The van der Waals surface area contributed by atoms with Gasteiger partial charge in [0.1, 0.15) is 6.61 Å². The molecule has 9 heteroatoms. The molecule has 1 amide bonds. The van der Waals surface area contributed by atoms with Crippen LogP contribution in [0.3, 0.4) is 0 Å². The van der Waals surface area contributed by atoms with Crippen molar-refractivity contribution < 1.29 is 14.3 Å². The van der Waals surface area contributed by atoms with Crippen LogP contribution in [0.25, 0.3) is 10.2 Å². The van der Waals surface area contributed by atoms with E-state index >= 15 is 0 Å². The number of para-hydroxylation sites is 1. The van der Waals surface area contributed by atoms with E-state index in [4.69, 9.17) is 21.1 Å². The van der Waals surface area contributed by atoms with Gasteiger partial charge in [0.25, 0.3) is 5.91 Å². The summed E-state index contributed by atoms with van der Waals surface area (Å²) in [6.45, 7) is 2.72. The van der Waals surface area contributed by atoms with Gasteiger partial charge in [0.15, 0.2) is 15.8 Å². The van der Waals surface area contributed by atoms with Crippen LogP contribution in [0.15, 0.2) is 76.2 Å². The number of hydrogen-bond donors (Lipinski definition) is 1. The van der Waals surface area contributed by atoms with Crippen LogP contribution < -0.4 is 14.9 Å². The molecule has 6 nitrogen and oxygen atoms in total. The lowest BCUT2D eigenvalue weighted by Crippen LogP contribution is -2.19. The smallest absolute Gasteiger partial charge is 0.250 e. The molecule has 0 saturated carbocycles. The summed E-state index contributed by atoms with van der Waals surface area (Å²) in [5.74, 6) is 1.23. The second kappa shape index (κ2) is 11.9. The van der Waals surface area contributed by atoms with E-state index in [1.807, 2.05) is 73.7 Å². The molecule has 4 aromatic rings. The van der Waals surface area contributed by atoms with Gasteiger partial charge in [-0.25, -0.2) is 10.4 Å². The molecule has 0 aliphatic rings. The molecule has 0 bridgehead atoms. The van der Waals surface area contributed by atoms with Gasteiger partial charge in [0.05, 0.1) is 28.8 Å². The van der Waals surface area contributed by atoms with Gasteiger partial charge >= 0.3 is 0 Å². The first kappa shape index (κ1) is 24.1. The average molecular weight is 512 g/mol. The minimum atomic E-state index is -0.203. The maximum atomic E-state index is 12.2. The van der Waals surface area contributed by atoms with Crippen LogP contribution in [-0.4, -0.2) is 29.5 Å². The van der Waals surface area contributed by atoms with E-state index in [1.54, 1.807) is 17.6 Å². The highest BCUT2D eigenvalue weighted by Crippen LogP contribution is 2.30. The minimum Gasteiger partial charge on any atom is -0.490 e. The normalized spacial score (nSPS) is 11.1. The maximum Gasteiger partial charge on any atom is 0.250 e. The number of fused-ring (bicyclic) bond motifs is 1. The lowest BCUT2D eigenvalue weighted by atomic mass is 10.2.